The largest absolute Gasteiger partial charge is 0.478 e. The molecule has 1 fully saturated rings. The lowest BCUT2D eigenvalue weighted by Crippen LogP contribution is -2.47. The standard InChI is InChI=1S/C14H28NO7P/c1-13(2,3)21-23(17,22-14(4,5)6)20-10-19-12(16)11-9-18-8-7-15-11/h11,15H,7-10H2,1-6H3. The number of hydrogen-bond acceptors (Lipinski definition) is 8. The Morgan fingerprint density at radius 3 is 2.17 bits per heavy atom. The Kier molecular flexibility index (Phi) is 7.19. The van der Waals surface area contributed by atoms with E-state index >= 15 is 0 Å². The summed E-state index contributed by atoms with van der Waals surface area (Å²) >= 11 is 0. The van der Waals surface area contributed by atoms with E-state index in [-0.39, 0.29) is 6.61 Å². The zero-order chi connectivity index (χ0) is 17.7. The lowest BCUT2D eigenvalue weighted by Gasteiger charge is -2.30. The molecule has 1 rings (SSSR count). The zero-order valence-corrected chi connectivity index (χ0v) is 15.6. The summed E-state index contributed by atoms with van der Waals surface area (Å²) in [5.74, 6) is -0.539. The first kappa shape index (κ1) is 20.5. The maximum absolute atomic E-state index is 12.7. The molecule has 0 aromatic heterocycles. The van der Waals surface area contributed by atoms with Crippen LogP contribution in [0.25, 0.3) is 0 Å². The monoisotopic (exact) mass is 353 g/mol. The van der Waals surface area contributed by atoms with Gasteiger partial charge in [-0.25, -0.2) is 9.09 Å². The minimum atomic E-state index is -3.89. The van der Waals surface area contributed by atoms with E-state index < -0.39 is 37.8 Å². The van der Waals surface area contributed by atoms with Gasteiger partial charge >= 0.3 is 13.8 Å². The maximum Gasteiger partial charge on any atom is 0.478 e. The Labute approximate surface area is 137 Å². The minimum Gasteiger partial charge on any atom is -0.437 e. The quantitative estimate of drug-likeness (QED) is 0.441. The van der Waals surface area contributed by atoms with E-state index in [0.29, 0.717) is 13.2 Å². The molecule has 0 saturated carbocycles. The topological polar surface area (TPSA) is 92.3 Å². The van der Waals surface area contributed by atoms with E-state index in [9.17, 15) is 9.36 Å². The van der Waals surface area contributed by atoms with Gasteiger partial charge in [-0.15, -0.1) is 0 Å². The predicted octanol–water partition coefficient (Wildman–Crippen LogP) is 2.23. The first-order chi connectivity index (χ1) is 10.4. The summed E-state index contributed by atoms with van der Waals surface area (Å²) in [6, 6.07) is -0.557. The number of ether oxygens (including phenoxy) is 2. The highest BCUT2D eigenvalue weighted by molar-refractivity contribution is 7.48. The summed E-state index contributed by atoms with van der Waals surface area (Å²) in [6.07, 6.45) is 0. The van der Waals surface area contributed by atoms with Gasteiger partial charge in [0.05, 0.1) is 24.4 Å². The van der Waals surface area contributed by atoms with Crippen molar-refractivity contribution in [3.8, 4) is 0 Å². The Hall–Kier alpha value is -0.500. The van der Waals surface area contributed by atoms with Gasteiger partial charge in [0, 0.05) is 6.54 Å². The number of nitrogens with one attached hydrogen (secondary N) is 1. The van der Waals surface area contributed by atoms with Crippen molar-refractivity contribution in [2.75, 3.05) is 26.6 Å². The van der Waals surface area contributed by atoms with Crippen molar-refractivity contribution in [3.05, 3.63) is 0 Å². The molecule has 1 aliphatic heterocycles. The first-order valence-corrected chi connectivity index (χ1v) is 9.00. The maximum atomic E-state index is 12.7. The van der Waals surface area contributed by atoms with Crippen LogP contribution >= 0.6 is 7.82 Å². The third-order valence-corrected chi connectivity index (χ3v) is 4.35. The van der Waals surface area contributed by atoms with Crippen molar-refractivity contribution >= 4 is 13.8 Å². The van der Waals surface area contributed by atoms with Crippen LogP contribution in [-0.4, -0.2) is 49.8 Å². The number of rotatable bonds is 6. The van der Waals surface area contributed by atoms with Crippen LogP contribution in [0.15, 0.2) is 0 Å². The van der Waals surface area contributed by atoms with Gasteiger partial charge in [0.15, 0.2) is 0 Å². The summed E-state index contributed by atoms with van der Waals surface area (Å²) in [7, 11) is -3.89. The van der Waals surface area contributed by atoms with Crippen molar-refractivity contribution in [1.82, 2.24) is 5.32 Å². The van der Waals surface area contributed by atoms with Gasteiger partial charge in [0.25, 0.3) is 0 Å². The van der Waals surface area contributed by atoms with E-state index in [1.807, 2.05) is 0 Å². The summed E-state index contributed by atoms with van der Waals surface area (Å²) in [5.41, 5.74) is -1.49. The molecule has 1 atom stereocenters. The molecule has 1 aliphatic rings. The summed E-state index contributed by atoms with van der Waals surface area (Å²) in [6.45, 7) is 11.2. The molecule has 8 nitrogen and oxygen atoms in total. The average Bonchev–Trinajstić information content (AvgIpc) is 2.34. The molecule has 9 heteroatoms. The van der Waals surface area contributed by atoms with Gasteiger partial charge in [-0.2, -0.15) is 0 Å². The van der Waals surface area contributed by atoms with Gasteiger partial charge in [-0.3, -0.25) is 13.8 Å². The predicted molar refractivity (Wildman–Crippen MR) is 83.9 cm³/mol. The molecule has 23 heavy (non-hydrogen) atoms. The van der Waals surface area contributed by atoms with Crippen molar-refractivity contribution in [1.29, 1.82) is 0 Å². The molecule has 0 aliphatic carbocycles. The van der Waals surface area contributed by atoms with Gasteiger partial charge < -0.3 is 14.8 Å². The normalized spacial score (nSPS) is 20.3. The van der Waals surface area contributed by atoms with Crippen LogP contribution in [0.3, 0.4) is 0 Å². The average molecular weight is 353 g/mol. The van der Waals surface area contributed by atoms with Crippen LogP contribution in [0.5, 0.6) is 0 Å². The number of esters is 1. The Morgan fingerprint density at radius 2 is 1.74 bits per heavy atom. The molecule has 0 radical (unpaired) electrons. The van der Waals surface area contributed by atoms with Crippen molar-refractivity contribution < 1.29 is 32.4 Å². The smallest absolute Gasteiger partial charge is 0.437 e. The number of carbonyl (C=O) groups is 1. The molecule has 0 aromatic rings. The van der Waals surface area contributed by atoms with E-state index in [1.165, 1.54) is 0 Å². The van der Waals surface area contributed by atoms with Crippen LogP contribution in [-0.2, 0) is 32.4 Å². The lowest BCUT2D eigenvalue weighted by molar-refractivity contribution is -0.157. The van der Waals surface area contributed by atoms with Gasteiger partial charge in [0.2, 0.25) is 6.79 Å². The SMILES string of the molecule is CC(C)(C)OP(=O)(OCOC(=O)C1COCCN1)OC(C)(C)C. The van der Waals surface area contributed by atoms with E-state index in [0.717, 1.165) is 0 Å². The van der Waals surface area contributed by atoms with Crippen molar-refractivity contribution in [2.24, 2.45) is 0 Å². The second-order valence-corrected chi connectivity index (χ2v) is 8.66. The van der Waals surface area contributed by atoms with Crippen LogP contribution < -0.4 is 5.32 Å². The number of morpholine rings is 1. The molecule has 0 spiro atoms. The molecule has 1 saturated heterocycles. The third-order valence-electron chi connectivity index (χ3n) is 2.39. The first-order valence-electron chi connectivity index (χ1n) is 7.54. The number of hydrogen-bond donors (Lipinski definition) is 1. The second kappa shape index (κ2) is 8.05. The van der Waals surface area contributed by atoms with Crippen molar-refractivity contribution in [2.45, 2.75) is 58.8 Å². The molecule has 0 aromatic carbocycles. The fourth-order valence-corrected chi connectivity index (χ4v) is 3.37. The molecule has 1 N–H and O–H groups in total. The fraction of sp³-hybridized carbons (Fsp3) is 0.929. The molecular weight excluding hydrogens is 325 g/mol. The minimum absolute atomic E-state index is 0.230. The summed E-state index contributed by atoms with van der Waals surface area (Å²) in [5, 5.41) is 2.96. The molecule has 0 amide bonds. The van der Waals surface area contributed by atoms with Crippen LogP contribution in [0.4, 0.5) is 0 Å². The number of phosphoric acid groups is 1. The molecule has 0 bridgehead atoms. The van der Waals surface area contributed by atoms with Gasteiger partial charge in [-0.1, -0.05) is 0 Å². The van der Waals surface area contributed by atoms with E-state index in [2.05, 4.69) is 5.32 Å². The van der Waals surface area contributed by atoms with Gasteiger partial charge in [0.1, 0.15) is 6.04 Å². The summed E-state index contributed by atoms with van der Waals surface area (Å²) < 4.78 is 38.8. The molecule has 136 valence electrons. The van der Waals surface area contributed by atoms with Crippen molar-refractivity contribution in [3.63, 3.8) is 0 Å². The van der Waals surface area contributed by atoms with Crippen LogP contribution in [0, 0.1) is 0 Å². The number of phosphoric ester groups is 1. The van der Waals surface area contributed by atoms with E-state index in [1.54, 1.807) is 41.5 Å². The Morgan fingerprint density at radius 1 is 1.17 bits per heavy atom. The lowest BCUT2D eigenvalue weighted by atomic mass is 10.2. The highest BCUT2D eigenvalue weighted by Crippen LogP contribution is 2.55. The fourth-order valence-electron chi connectivity index (χ4n) is 1.71. The Balaban J connectivity index is 2.56. The highest BCUT2D eigenvalue weighted by Gasteiger charge is 2.37. The molecule has 1 unspecified atom stereocenters. The van der Waals surface area contributed by atoms with E-state index in [4.69, 9.17) is 23.0 Å². The molecular formula is C14H28NO7P. The third kappa shape index (κ3) is 8.79. The van der Waals surface area contributed by atoms with Gasteiger partial charge in [-0.05, 0) is 41.5 Å². The van der Waals surface area contributed by atoms with Crippen LogP contribution in [0.2, 0.25) is 0 Å². The number of carbonyl (C=O) groups excluding carboxylic acids is 1. The zero-order valence-electron chi connectivity index (χ0n) is 14.7. The summed E-state index contributed by atoms with van der Waals surface area (Å²) in [4.78, 5) is 11.8. The second-order valence-electron chi connectivity index (χ2n) is 7.15. The molecule has 1 heterocycles. The van der Waals surface area contributed by atoms with Crippen LogP contribution in [0.1, 0.15) is 41.5 Å². The Bertz CT molecular complexity index is 415. The highest BCUT2D eigenvalue weighted by atomic mass is 31.2.